The van der Waals surface area contributed by atoms with Crippen molar-refractivity contribution in [3.8, 4) is 17.2 Å². The summed E-state index contributed by atoms with van der Waals surface area (Å²) in [4.78, 5) is 54.2. The number of hydrogen-bond donors (Lipinski definition) is 3. The van der Waals surface area contributed by atoms with Crippen LogP contribution in [0.25, 0.3) is 0 Å². The molecule has 0 saturated heterocycles. The third-order valence-electron chi connectivity index (χ3n) is 7.30. The molecule has 0 radical (unpaired) electrons. The summed E-state index contributed by atoms with van der Waals surface area (Å²) in [5.41, 5.74) is 3.24. The van der Waals surface area contributed by atoms with Crippen molar-refractivity contribution < 1.29 is 33.8 Å². The lowest BCUT2D eigenvalue weighted by Gasteiger charge is -2.24. The first-order chi connectivity index (χ1) is 19.7. The van der Waals surface area contributed by atoms with E-state index >= 15 is 0 Å². The van der Waals surface area contributed by atoms with Crippen LogP contribution in [0, 0.1) is 13.8 Å². The zero-order valence-electron chi connectivity index (χ0n) is 22.9. The minimum Gasteiger partial charge on any atom is -0.508 e. The van der Waals surface area contributed by atoms with Crippen LogP contribution in [0.4, 0.5) is 0 Å². The molecule has 212 valence electrons. The minimum absolute atomic E-state index is 0.0544. The van der Waals surface area contributed by atoms with Crippen LogP contribution in [0.5, 0.6) is 17.2 Å². The molecule has 1 aliphatic heterocycles. The van der Waals surface area contributed by atoms with Gasteiger partial charge in [-0.15, -0.1) is 0 Å². The molecule has 2 aliphatic rings. The topological polar surface area (TPSA) is 134 Å². The monoisotopic (exact) mass is 557 g/mol. The van der Waals surface area contributed by atoms with Gasteiger partial charge in [-0.05, 0) is 43.2 Å². The second kappa shape index (κ2) is 11.8. The summed E-state index contributed by atoms with van der Waals surface area (Å²) in [5, 5.41) is 16.1. The lowest BCUT2D eigenvalue weighted by molar-refractivity contribution is -0.123. The number of aromatic hydroxyl groups is 1. The fourth-order valence-corrected chi connectivity index (χ4v) is 5.01. The quantitative estimate of drug-likeness (QED) is 0.342. The second-order valence-electron chi connectivity index (χ2n) is 10.1. The Hall–Kier alpha value is -4.70. The van der Waals surface area contributed by atoms with Gasteiger partial charge in [-0.3, -0.25) is 24.1 Å². The van der Waals surface area contributed by atoms with Crippen LogP contribution >= 0.6 is 0 Å². The molecule has 2 amide bonds. The number of nitrogens with zero attached hydrogens (tertiary/aromatic N) is 1. The molecular weight excluding hydrogens is 526 g/mol. The predicted molar refractivity (Wildman–Crippen MR) is 150 cm³/mol. The molecule has 0 saturated carbocycles. The molecule has 0 unspecified atom stereocenters. The van der Waals surface area contributed by atoms with E-state index in [4.69, 9.17) is 9.47 Å². The zero-order valence-corrected chi connectivity index (χ0v) is 22.9. The highest BCUT2D eigenvalue weighted by Gasteiger charge is 2.35. The minimum atomic E-state index is -0.479. The lowest BCUT2D eigenvalue weighted by Crippen LogP contribution is -2.41. The van der Waals surface area contributed by atoms with E-state index in [2.05, 4.69) is 10.6 Å². The van der Waals surface area contributed by atoms with Crippen LogP contribution in [0.2, 0.25) is 0 Å². The lowest BCUT2D eigenvalue weighted by atomic mass is 9.83. The smallest absolute Gasteiger partial charge is 0.257 e. The summed E-state index contributed by atoms with van der Waals surface area (Å²) in [7, 11) is 0. The second-order valence-corrected chi connectivity index (χ2v) is 10.1. The molecular formula is C31H31N3O7. The predicted octanol–water partition coefficient (Wildman–Crippen LogP) is 2.29. The average molecular weight is 558 g/mol. The van der Waals surface area contributed by atoms with Gasteiger partial charge in [-0.2, -0.15) is 0 Å². The number of rotatable bonds is 2. The molecule has 1 aliphatic carbocycles. The highest BCUT2D eigenvalue weighted by Crippen LogP contribution is 2.37. The van der Waals surface area contributed by atoms with Crippen LogP contribution in [-0.2, 0) is 16.1 Å². The molecule has 0 aromatic heterocycles. The number of carbonyl (C=O) groups is 4. The van der Waals surface area contributed by atoms with Crippen molar-refractivity contribution in [2.45, 2.75) is 20.4 Å². The Morgan fingerprint density at radius 1 is 0.756 bits per heavy atom. The number of phenols is 1. The van der Waals surface area contributed by atoms with E-state index in [9.17, 15) is 24.3 Å². The van der Waals surface area contributed by atoms with E-state index in [0.717, 1.165) is 16.7 Å². The van der Waals surface area contributed by atoms with E-state index in [1.54, 1.807) is 30.3 Å². The number of aryl methyl sites for hydroxylation is 2. The summed E-state index contributed by atoms with van der Waals surface area (Å²) < 4.78 is 11.5. The van der Waals surface area contributed by atoms with Gasteiger partial charge in [-0.25, -0.2) is 0 Å². The number of amides is 2. The average Bonchev–Trinajstić information content (AvgIpc) is 2.95. The molecule has 0 atom stereocenters. The number of phenolic OH excluding ortho intramolecular Hbond substituents is 1. The van der Waals surface area contributed by atoms with E-state index in [-0.39, 0.29) is 71.6 Å². The number of nitrogens with one attached hydrogen (secondary N) is 2. The zero-order chi connectivity index (χ0) is 29.1. The SMILES string of the molecule is Cc1cc(O)c(CN2CCNC(=O)COc3cccc4c3C(=O)c3c(cccc3C4=O)OCC(=O)NCC2)cc1C. The maximum absolute atomic E-state index is 13.6. The summed E-state index contributed by atoms with van der Waals surface area (Å²) in [5.74, 6) is -1.23. The van der Waals surface area contributed by atoms with Crippen LogP contribution in [0.3, 0.4) is 0 Å². The summed E-state index contributed by atoms with van der Waals surface area (Å²) in [6.07, 6.45) is 0. The molecule has 10 nitrogen and oxygen atoms in total. The third kappa shape index (κ3) is 5.92. The van der Waals surface area contributed by atoms with Crippen LogP contribution in [0.1, 0.15) is 48.5 Å². The Bertz CT molecular complexity index is 1470. The van der Waals surface area contributed by atoms with Crippen molar-refractivity contribution in [2.75, 3.05) is 39.4 Å². The Morgan fingerprint density at radius 3 is 1.80 bits per heavy atom. The van der Waals surface area contributed by atoms with Crippen molar-refractivity contribution >= 4 is 23.4 Å². The van der Waals surface area contributed by atoms with E-state index in [0.29, 0.717) is 19.6 Å². The van der Waals surface area contributed by atoms with Gasteiger partial charge in [0.1, 0.15) is 17.2 Å². The molecule has 0 spiro atoms. The summed E-state index contributed by atoms with van der Waals surface area (Å²) >= 11 is 0. The first-order valence-corrected chi connectivity index (χ1v) is 13.4. The van der Waals surface area contributed by atoms with Gasteiger partial charge in [0.2, 0.25) is 5.78 Å². The fourth-order valence-electron chi connectivity index (χ4n) is 5.01. The number of carbonyl (C=O) groups excluding carboxylic acids is 4. The molecule has 3 aromatic rings. The largest absolute Gasteiger partial charge is 0.508 e. The Kier molecular flexibility index (Phi) is 8.02. The van der Waals surface area contributed by atoms with Crippen molar-refractivity contribution in [2.24, 2.45) is 0 Å². The number of ketones is 2. The normalized spacial score (nSPS) is 16.5. The van der Waals surface area contributed by atoms with E-state index in [1.807, 2.05) is 24.8 Å². The summed E-state index contributed by atoms with van der Waals surface area (Å²) in [6.45, 7) is 5.06. The number of hydrogen-bond acceptors (Lipinski definition) is 8. The Labute approximate surface area is 237 Å². The Balaban J connectivity index is 1.40. The molecule has 41 heavy (non-hydrogen) atoms. The first kappa shape index (κ1) is 27.9. The van der Waals surface area contributed by atoms with Gasteiger partial charge >= 0.3 is 0 Å². The van der Waals surface area contributed by atoms with Crippen molar-refractivity contribution in [3.05, 3.63) is 87.5 Å². The Morgan fingerprint density at radius 2 is 1.27 bits per heavy atom. The molecule has 3 N–H and O–H groups in total. The van der Waals surface area contributed by atoms with E-state index in [1.165, 1.54) is 12.1 Å². The molecule has 10 heteroatoms. The standard InChI is InChI=1S/C31H31N3O7/c1-18-13-20(23(35)14-19(18)2)15-34-11-9-32-26(36)16-40-24-7-3-5-21-28(24)31(39)29-22(30(21)38)6-4-8-25(29)41-17-27(37)33-10-12-34/h3-8,13-14,35H,9-12,15-17H2,1-2H3,(H,32,36)(H,33,37). The maximum Gasteiger partial charge on any atom is 0.257 e. The van der Waals surface area contributed by atoms with Crippen molar-refractivity contribution in [1.82, 2.24) is 15.5 Å². The van der Waals surface area contributed by atoms with Gasteiger partial charge in [0.15, 0.2) is 19.0 Å². The molecule has 5 rings (SSSR count). The van der Waals surface area contributed by atoms with Crippen molar-refractivity contribution in [3.63, 3.8) is 0 Å². The summed E-state index contributed by atoms with van der Waals surface area (Å²) in [6, 6.07) is 13.0. The van der Waals surface area contributed by atoms with Gasteiger partial charge in [-0.1, -0.05) is 30.3 Å². The fraction of sp³-hybridized carbons (Fsp3) is 0.290. The maximum atomic E-state index is 13.6. The van der Waals surface area contributed by atoms with Crippen LogP contribution < -0.4 is 20.1 Å². The number of ether oxygens (including phenoxy) is 2. The first-order valence-electron chi connectivity index (χ1n) is 13.4. The van der Waals surface area contributed by atoms with Crippen LogP contribution in [-0.4, -0.2) is 72.8 Å². The van der Waals surface area contributed by atoms with Crippen LogP contribution in [0.15, 0.2) is 48.5 Å². The van der Waals surface area contributed by atoms with E-state index < -0.39 is 17.6 Å². The molecule has 0 fully saturated rings. The highest BCUT2D eigenvalue weighted by atomic mass is 16.5. The molecule has 2 bridgehead atoms. The van der Waals surface area contributed by atoms with Crippen molar-refractivity contribution in [1.29, 1.82) is 0 Å². The van der Waals surface area contributed by atoms with Gasteiger partial charge < -0.3 is 25.2 Å². The van der Waals surface area contributed by atoms with Gasteiger partial charge in [0.25, 0.3) is 11.8 Å². The third-order valence-corrected chi connectivity index (χ3v) is 7.30. The highest BCUT2D eigenvalue weighted by molar-refractivity contribution is 6.30. The molecule has 3 aromatic carbocycles. The van der Waals surface area contributed by atoms with Gasteiger partial charge in [0.05, 0.1) is 11.1 Å². The number of benzene rings is 3. The van der Waals surface area contributed by atoms with Gasteiger partial charge in [0, 0.05) is 49.4 Å². The molecule has 1 heterocycles.